The first-order valence-electron chi connectivity index (χ1n) is 14.2. The van der Waals surface area contributed by atoms with Crippen molar-refractivity contribution in [3.8, 4) is 0 Å². The first-order valence-corrected chi connectivity index (χ1v) is 14.2. The summed E-state index contributed by atoms with van der Waals surface area (Å²) in [5.74, 6) is 1.99. The molecular formula is C32H46N4. The lowest BCUT2D eigenvalue weighted by molar-refractivity contribution is 0.219. The zero-order chi connectivity index (χ0) is 25.4. The van der Waals surface area contributed by atoms with E-state index in [0.29, 0.717) is 12.1 Å². The first-order chi connectivity index (χ1) is 17.5. The molecule has 0 bridgehead atoms. The average Bonchev–Trinajstić information content (AvgIpc) is 3.09. The molecule has 2 aliphatic heterocycles. The lowest BCUT2D eigenvalue weighted by atomic mass is 9.76. The van der Waals surface area contributed by atoms with E-state index < -0.39 is 0 Å². The van der Waals surface area contributed by atoms with Gasteiger partial charge in [0, 0.05) is 17.2 Å². The zero-order valence-electron chi connectivity index (χ0n) is 22.7. The third-order valence-electron chi connectivity index (χ3n) is 8.31. The van der Waals surface area contributed by atoms with Crippen LogP contribution >= 0.6 is 0 Å². The molecule has 0 radical (unpaired) electrons. The van der Waals surface area contributed by atoms with Crippen molar-refractivity contribution in [2.45, 2.75) is 90.6 Å². The summed E-state index contributed by atoms with van der Waals surface area (Å²) < 4.78 is 0. The lowest BCUT2D eigenvalue weighted by Gasteiger charge is -2.34. The fourth-order valence-electron chi connectivity index (χ4n) is 6.02. The topological polar surface area (TPSA) is 39.7 Å². The van der Waals surface area contributed by atoms with Gasteiger partial charge in [-0.05, 0) is 82.0 Å². The highest BCUT2D eigenvalue weighted by molar-refractivity contribution is 5.95. The van der Waals surface area contributed by atoms with Crippen LogP contribution in [0.4, 0.5) is 0 Å². The SMILES string of the molecule is C=C/C(=C\c1ccccc1)NC1=CC(C)(CC2CCCN2CC)C(C)=CC(=NC2CCCCCC2)N1. The molecule has 1 saturated carbocycles. The van der Waals surface area contributed by atoms with Gasteiger partial charge in [0.05, 0.1) is 6.04 Å². The number of hydrogen-bond donors (Lipinski definition) is 2. The summed E-state index contributed by atoms with van der Waals surface area (Å²) in [5, 5.41) is 7.36. The summed E-state index contributed by atoms with van der Waals surface area (Å²) in [4.78, 5) is 7.91. The Morgan fingerprint density at radius 3 is 2.58 bits per heavy atom. The quantitative estimate of drug-likeness (QED) is 0.302. The normalized spacial score (nSPS) is 27.6. The summed E-state index contributed by atoms with van der Waals surface area (Å²) in [7, 11) is 0. The van der Waals surface area contributed by atoms with Crippen molar-refractivity contribution in [1.29, 1.82) is 0 Å². The molecule has 1 aliphatic carbocycles. The van der Waals surface area contributed by atoms with Gasteiger partial charge in [-0.25, -0.2) is 0 Å². The van der Waals surface area contributed by atoms with Crippen molar-refractivity contribution < 1.29 is 0 Å². The van der Waals surface area contributed by atoms with E-state index in [1.807, 2.05) is 12.1 Å². The smallest absolute Gasteiger partial charge is 0.126 e. The highest BCUT2D eigenvalue weighted by Gasteiger charge is 2.35. The second-order valence-electron chi connectivity index (χ2n) is 11.1. The molecule has 1 aromatic rings. The molecule has 4 rings (SSSR count). The standard InChI is InChI=1S/C32H46N4/c1-5-27(22-26-15-10-9-11-16-26)33-31-24-32(4,23-29-19-14-20-36(29)6-2)25(3)21-30(35-31)34-28-17-12-7-8-13-18-28/h5,9-11,15-16,21-22,24,28-29,33H,1,6-8,12-14,17-20,23H2,2-4H3,(H,34,35)/b27-22+. The maximum Gasteiger partial charge on any atom is 0.126 e. The Kier molecular flexibility index (Phi) is 9.25. The van der Waals surface area contributed by atoms with E-state index >= 15 is 0 Å². The third-order valence-corrected chi connectivity index (χ3v) is 8.31. The highest BCUT2D eigenvalue weighted by atomic mass is 15.2. The molecule has 194 valence electrons. The third kappa shape index (κ3) is 7.00. The van der Waals surface area contributed by atoms with Crippen LogP contribution in [0.5, 0.6) is 0 Å². The summed E-state index contributed by atoms with van der Waals surface area (Å²) in [6.07, 6.45) is 20.1. The van der Waals surface area contributed by atoms with E-state index in [1.165, 1.54) is 63.5 Å². The van der Waals surface area contributed by atoms with Crippen molar-refractivity contribution in [2.24, 2.45) is 10.4 Å². The summed E-state index contributed by atoms with van der Waals surface area (Å²) in [6.45, 7) is 13.4. The lowest BCUT2D eigenvalue weighted by Crippen LogP contribution is -2.35. The van der Waals surface area contributed by atoms with Gasteiger partial charge < -0.3 is 15.5 Å². The highest BCUT2D eigenvalue weighted by Crippen LogP contribution is 2.39. The number of allylic oxidation sites excluding steroid dienone is 3. The number of nitrogens with one attached hydrogen (secondary N) is 2. The van der Waals surface area contributed by atoms with E-state index in [9.17, 15) is 0 Å². The molecule has 2 N–H and O–H groups in total. The molecule has 2 atom stereocenters. The molecule has 2 fully saturated rings. The number of hydrogen-bond acceptors (Lipinski definition) is 3. The van der Waals surface area contributed by atoms with Gasteiger partial charge in [-0.15, -0.1) is 0 Å². The van der Waals surface area contributed by atoms with Crippen LogP contribution in [-0.4, -0.2) is 35.9 Å². The van der Waals surface area contributed by atoms with Gasteiger partial charge in [-0.1, -0.05) is 82.0 Å². The minimum atomic E-state index is -0.0580. The van der Waals surface area contributed by atoms with E-state index in [2.05, 4.69) is 85.4 Å². The Hall–Kier alpha value is -2.59. The minimum Gasteiger partial charge on any atom is -0.342 e. The monoisotopic (exact) mass is 486 g/mol. The Bertz CT molecular complexity index is 994. The molecule has 3 aliphatic rings. The largest absolute Gasteiger partial charge is 0.342 e. The number of nitrogens with zero attached hydrogens (tertiary/aromatic N) is 2. The number of likely N-dealkylation sites (tertiary alicyclic amines) is 1. The molecular weight excluding hydrogens is 440 g/mol. The Morgan fingerprint density at radius 2 is 1.89 bits per heavy atom. The van der Waals surface area contributed by atoms with Gasteiger partial charge in [0.1, 0.15) is 11.7 Å². The molecule has 0 aromatic heterocycles. The molecule has 0 spiro atoms. The number of rotatable bonds is 8. The van der Waals surface area contributed by atoms with Gasteiger partial charge in [0.15, 0.2) is 0 Å². The molecule has 4 nitrogen and oxygen atoms in total. The molecule has 2 heterocycles. The zero-order valence-corrected chi connectivity index (χ0v) is 22.7. The van der Waals surface area contributed by atoms with Crippen molar-refractivity contribution in [3.05, 3.63) is 77.8 Å². The van der Waals surface area contributed by atoms with Crippen molar-refractivity contribution in [1.82, 2.24) is 15.5 Å². The van der Waals surface area contributed by atoms with Crippen molar-refractivity contribution in [2.75, 3.05) is 13.1 Å². The van der Waals surface area contributed by atoms with Gasteiger partial charge >= 0.3 is 0 Å². The van der Waals surface area contributed by atoms with Crippen LogP contribution in [0, 0.1) is 5.41 Å². The number of amidine groups is 1. The van der Waals surface area contributed by atoms with Gasteiger partial charge in [-0.3, -0.25) is 4.99 Å². The van der Waals surface area contributed by atoms with E-state index in [0.717, 1.165) is 35.9 Å². The average molecular weight is 487 g/mol. The van der Waals surface area contributed by atoms with Crippen LogP contribution in [-0.2, 0) is 0 Å². The first kappa shape index (κ1) is 26.5. The van der Waals surface area contributed by atoms with Crippen molar-refractivity contribution >= 4 is 11.9 Å². The summed E-state index contributed by atoms with van der Waals surface area (Å²) >= 11 is 0. The van der Waals surface area contributed by atoms with E-state index in [4.69, 9.17) is 4.99 Å². The Balaban J connectivity index is 1.65. The fraction of sp³-hybridized carbons (Fsp3) is 0.531. The predicted molar refractivity (Wildman–Crippen MR) is 155 cm³/mol. The Morgan fingerprint density at radius 1 is 1.14 bits per heavy atom. The van der Waals surface area contributed by atoms with E-state index in [-0.39, 0.29) is 5.41 Å². The number of benzene rings is 1. The predicted octanol–water partition coefficient (Wildman–Crippen LogP) is 7.20. The van der Waals surface area contributed by atoms with Crippen LogP contribution in [0.25, 0.3) is 6.08 Å². The second-order valence-corrected chi connectivity index (χ2v) is 11.1. The molecule has 36 heavy (non-hydrogen) atoms. The van der Waals surface area contributed by atoms with Crippen LogP contribution in [0.3, 0.4) is 0 Å². The minimum absolute atomic E-state index is 0.0580. The van der Waals surface area contributed by atoms with Crippen LogP contribution in [0.1, 0.15) is 84.1 Å². The number of aliphatic imine (C=N–C) groups is 1. The molecule has 2 unspecified atom stereocenters. The molecule has 4 heteroatoms. The van der Waals surface area contributed by atoms with Gasteiger partial charge in [0.25, 0.3) is 0 Å². The van der Waals surface area contributed by atoms with Crippen LogP contribution in [0.15, 0.2) is 77.2 Å². The maximum atomic E-state index is 5.25. The van der Waals surface area contributed by atoms with E-state index in [1.54, 1.807) is 0 Å². The summed E-state index contributed by atoms with van der Waals surface area (Å²) in [6, 6.07) is 11.5. The Labute approximate surface area is 219 Å². The molecule has 0 amide bonds. The summed E-state index contributed by atoms with van der Waals surface area (Å²) in [5.41, 5.74) is 3.46. The fourth-order valence-corrected chi connectivity index (χ4v) is 6.02. The maximum absolute atomic E-state index is 5.25. The van der Waals surface area contributed by atoms with Gasteiger partial charge in [-0.2, -0.15) is 0 Å². The van der Waals surface area contributed by atoms with Crippen molar-refractivity contribution in [3.63, 3.8) is 0 Å². The van der Waals surface area contributed by atoms with Crippen LogP contribution < -0.4 is 10.6 Å². The van der Waals surface area contributed by atoms with Gasteiger partial charge in [0.2, 0.25) is 0 Å². The molecule has 1 saturated heterocycles. The second kappa shape index (κ2) is 12.6. The molecule has 1 aromatic carbocycles. The van der Waals surface area contributed by atoms with Crippen LogP contribution in [0.2, 0.25) is 0 Å².